The summed E-state index contributed by atoms with van der Waals surface area (Å²) in [4.78, 5) is 10.5. The molecule has 0 amide bonds. The van der Waals surface area contributed by atoms with Gasteiger partial charge in [0.2, 0.25) is 0 Å². The summed E-state index contributed by atoms with van der Waals surface area (Å²) in [6.07, 6.45) is 0. The minimum Gasteiger partial charge on any atom is -0.385 e. The predicted molar refractivity (Wildman–Crippen MR) is 68.6 cm³/mol. The number of nitrogens with zero attached hydrogens (tertiary/aromatic N) is 1. The van der Waals surface area contributed by atoms with Gasteiger partial charge in [-0.2, -0.15) is 0 Å². The lowest BCUT2D eigenvalue weighted by Gasteiger charge is -2.09. The van der Waals surface area contributed by atoms with Crippen LogP contribution in [-0.4, -0.2) is 11.5 Å². The topological polar surface area (TPSA) is 55.2 Å². The molecule has 0 aliphatic heterocycles. The van der Waals surface area contributed by atoms with Crippen molar-refractivity contribution in [2.75, 3.05) is 11.9 Å². The lowest BCUT2D eigenvalue weighted by atomic mass is 10.0. The summed E-state index contributed by atoms with van der Waals surface area (Å²) in [6, 6.07) is 5.30. The number of benzene rings is 1. The average Bonchev–Trinajstić information content (AvgIpc) is 2.17. The van der Waals surface area contributed by atoms with Gasteiger partial charge in [-0.25, -0.2) is 0 Å². The summed E-state index contributed by atoms with van der Waals surface area (Å²) in [7, 11) is 0. The van der Waals surface area contributed by atoms with Crippen LogP contribution >= 0.6 is 12.4 Å². The second-order valence-electron chi connectivity index (χ2n) is 3.72. The second-order valence-corrected chi connectivity index (χ2v) is 3.72. The summed E-state index contributed by atoms with van der Waals surface area (Å²) in [5, 5.41) is 13.9. The average molecular weight is 245 g/mol. The monoisotopic (exact) mass is 244 g/mol. The van der Waals surface area contributed by atoms with Gasteiger partial charge in [-0.1, -0.05) is 13.8 Å². The predicted octanol–water partition coefficient (Wildman–Crippen LogP) is 3.57. The van der Waals surface area contributed by atoms with Crippen molar-refractivity contribution < 1.29 is 4.92 Å². The van der Waals surface area contributed by atoms with Crippen LogP contribution in [0.25, 0.3) is 0 Å². The smallest absolute Gasteiger partial charge is 0.274 e. The molecule has 0 heterocycles. The lowest BCUT2D eigenvalue weighted by molar-refractivity contribution is -0.385. The van der Waals surface area contributed by atoms with Gasteiger partial charge in [-0.15, -0.1) is 12.4 Å². The van der Waals surface area contributed by atoms with Crippen LogP contribution < -0.4 is 5.32 Å². The Morgan fingerprint density at radius 3 is 2.50 bits per heavy atom. The molecule has 0 aromatic heterocycles. The minimum absolute atomic E-state index is 0. The van der Waals surface area contributed by atoms with E-state index >= 15 is 0 Å². The Labute approximate surface area is 102 Å². The van der Waals surface area contributed by atoms with Crippen LogP contribution in [-0.2, 0) is 0 Å². The van der Waals surface area contributed by atoms with Crippen LogP contribution in [0.4, 0.5) is 11.4 Å². The van der Waals surface area contributed by atoms with Crippen molar-refractivity contribution in [2.24, 2.45) is 0 Å². The lowest BCUT2D eigenvalue weighted by Crippen LogP contribution is -2.01. The van der Waals surface area contributed by atoms with Crippen molar-refractivity contribution in [1.82, 2.24) is 0 Å². The Hall–Kier alpha value is -1.29. The number of nitrogens with one attached hydrogen (secondary N) is 1. The molecular formula is C11H17ClN2O2. The number of nitro groups is 1. The largest absolute Gasteiger partial charge is 0.385 e. The van der Waals surface area contributed by atoms with E-state index in [2.05, 4.69) is 5.32 Å². The molecule has 5 heteroatoms. The number of hydrogen-bond donors (Lipinski definition) is 1. The fourth-order valence-electron chi connectivity index (χ4n) is 1.50. The number of nitro benzene ring substituents is 1. The molecular weight excluding hydrogens is 228 g/mol. The number of anilines is 1. The van der Waals surface area contributed by atoms with Crippen molar-refractivity contribution in [3.8, 4) is 0 Å². The molecule has 0 saturated carbocycles. The van der Waals surface area contributed by atoms with Crippen molar-refractivity contribution in [1.29, 1.82) is 0 Å². The summed E-state index contributed by atoms with van der Waals surface area (Å²) in [5.41, 5.74) is 1.78. The zero-order valence-corrected chi connectivity index (χ0v) is 10.5. The molecule has 1 N–H and O–H groups in total. The molecule has 0 bridgehead atoms. The number of halogens is 1. The first-order chi connectivity index (χ1) is 7.06. The zero-order chi connectivity index (χ0) is 11.4. The maximum Gasteiger partial charge on any atom is 0.274 e. The van der Waals surface area contributed by atoms with E-state index in [-0.39, 0.29) is 28.9 Å². The third-order valence-corrected chi connectivity index (χ3v) is 2.23. The Bertz CT molecular complexity index is 367. The molecule has 0 fully saturated rings. The van der Waals surface area contributed by atoms with Gasteiger partial charge in [-0.05, 0) is 25.0 Å². The van der Waals surface area contributed by atoms with Gasteiger partial charge in [0.25, 0.3) is 5.69 Å². The van der Waals surface area contributed by atoms with Crippen molar-refractivity contribution in [3.05, 3.63) is 33.9 Å². The summed E-state index contributed by atoms with van der Waals surface area (Å²) < 4.78 is 0. The zero-order valence-electron chi connectivity index (χ0n) is 9.69. The van der Waals surface area contributed by atoms with E-state index in [1.54, 1.807) is 6.07 Å². The number of rotatable bonds is 4. The highest BCUT2D eigenvalue weighted by Gasteiger charge is 2.16. The third-order valence-electron chi connectivity index (χ3n) is 2.23. The normalized spacial score (nSPS) is 9.75. The van der Waals surface area contributed by atoms with Crippen LogP contribution in [0.2, 0.25) is 0 Å². The highest BCUT2D eigenvalue weighted by atomic mass is 35.5. The molecule has 1 aromatic rings. The molecule has 90 valence electrons. The first kappa shape index (κ1) is 14.7. The molecule has 1 aromatic carbocycles. The molecule has 0 spiro atoms. The van der Waals surface area contributed by atoms with E-state index < -0.39 is 0 Å². The van der Waals surface area contributed by atoms with E-state index in [0.29, 0.717) is 0 Å². The van der Waals surface area contributed by atoms with Gasteiger partial charge in [0.15, 0.2) is 0 Å². The fraction of sp³-hybridized carbons (Fsp3) is 0.455. The minimum atomic E-state index is -0.323. The molecule has 0 atom stereocenters. The van der Waals surface area contributed by atoms with Gasteiger partial charge >= 0.3 is 0 Å². The molecule has 16 heavy (non-hydrogen) atoms. The fourth-order valence-corrected chi connectivity index (χ4v) is 1.50. The number of hydrogen-bond acceptors (Lipinski definition) is 3. The molecule has 0 aliphatic carbocycles. The summed E-state index contributed by atoms with van der Waals surface area (Å²) in [6.45, 7) is 6.63. The molecule has 0 unspecified atom stereocenters. The molecule has 1 rings (SSSR count). The van der Waals surface area contributed by atoms with Crippen LogP contribution in [0.1, 0.15) is 32.3 Å². The van der Waals surface area contributed by atoms with Gasteiger partial charge in [0.05, 0.1) is 4.92 Å². The van der Waals surface area contributed by atoms with E-state index in [1.165, 1.54) is 0 Å². The Balaban J connectivity index is 0.00000225. The molecule has 0 saturated heterocycles. The van der Waals surface area contributed by atoms with E-state index in [0.717, 1.165) is 17.8 Å². The van der Waals surface area contributed by atoms with Crippen LogP contribution in [0.3, 0.4) is 0 Å². The van der Waals surface area contributed by atoms with Crippen LogP contribution in [0.5, 0.6) is 0 Å². The Morgan fingerprint density at radius 1 is 1.44 bits per heavy atom. The second kappa shape index (κ2) is 6.33. The van der Waals surface area contributed by atoms with Crippen molar-refractivity contribution >= 4 is 23.8 Å². The first-order valence-electron chi connectivity index (χ1n) is 5.08. The van der Waals surface area contributed by atoms with E-state index in [1.807, 2.05) is 32.9 Å². The van der Waals surface area contributed by atoms with E-state index in [9.17, 15) is 10.1 Å². The third kappa shape index (κ3) is 3.38. The van der Waals surface area contributed by atoms with Gasteiger partial charge < -0.3 is 5.32 Å². The van der Waals surface area contributed by atoms with Crippen molar-refractivity contribution in [2.45, 2.75) is 26.7 Å². The molecule has 0 radical (unpaired) electrons. The maximum atomic E-state index is 10.9. The first-order valence-corrected chi connectivity index (χ1v) is 5.08. The van der Waals surface area contributed by atoms with Crippen molar-refractivity contribution in [3.63, 3.8) is 0 Å². The molecule has 0 aliphatic rings. The highest BCUT2D eigenvalue weighted by molar-refractivity contribution is 5.85. The summed E-state index contributed by atoms with van der Waals surface area (Å²) >= 11 is 0. The van der Waals surface area contributed by atoms with Crippen LogP contribution in [0.15, 0.2) is 18.2 Å². The van der Waals surface area contributed by atoms with Gasteiger partial charge in [-0.3, -0.25) is 10.1 Å². The van der Waals surface area contributed by atoms with Crippen LogP contribution in [0, 0.1) is 10.1 Å². The highest BCUT2D eigenvalue weighted by Crippen LogP contribution is 2.28. The Kier molecular flexibility index (Phi) is 5.82. The standard InChI is InChI=1S/C11H16N2O2.ClH/c1-4-12-9-5-6-10(8(2)3)11(7-9)13(14)15;/h5-8,12H,4H2,1-3H3;1H. The summed E-state index contributed by atoms with van der Waals surface area (Å²) in [5.74, 6) is 0.168. The Morgan fingerprint density at radius 2 is 2.06 bits per heavy atom. The molecule has 4 nitrogen and oxygen atoms in total. The SMILES string of the molecule is CCNc1ccc(C(C)C)c([N+](=O)[O-])c1.Cl. The maximum absolute atomic E-state index is 10.9. The van der Waals surface area contributed by atoms with Gasteiger partial charge in [0.1, 0.15) is 0 Å². The quantitative estimate of drug-likeness (QED) is 0.651. The van der Waals surface area contributed by atoms with Gasteiger partial charge in [0, 0.05) is 23.9 Å². The van der Waals surface area contributed by atoms with E-state index in [4.69, 9.17) is 0 Å².